The quantitative estimate of drug-likeness (QED) is 0.0290. The fourth-order valence-corrected chi connectivity index (χ4v) is 4.10. The average molecular weight is 726 g/mol. The molecule has 0 saturated carbocycles. The van der Waals surface area contributed by atoms with E-state index in [9.17, 15) is 32.8 Å². The number of aromatic amines is 2. The van der Waals surface area contributed by atoms with Gasteiger partial charge in [-0.05, 0) is 17.5 Å². The smallest absolute Gasteiger partial charge is 0.373 e. The van der Waals surface area contributed by atoms with Crippen LogP contribution in [0.15, 0.2) is 42.4 Å². The molecule has 22 nitrogen and oxygen atoms in total. The van der Waals surface area contributed by atoms with Gasteiger partial charge in [-0.1, -0.05) is 5.04 Å². The van der Waals surface area contributed by atoms with Crippen molar-refractivity contribution in [2.24, 2.45) is 20.5 Å². The molecule has 0 aliphatic carbocycles. The number of phenolic OH excluding ortho intramolecular Hbond substituents is 2. The molecule has 42 heavy (non-hydrogen) atoms. The number of carbonyl (C=O) groups is 2. The van der Waals surface area contributed by atoms with Crippen LogP contribution in [0.25, 0.3) is 10.8 Å². The van der Waals surface area contributed by atoms with Crippen molar-refractivity contribution in [3.63, 3.8) is 0 Å². The van der Waals surface area contributed by atoms with Crippen molar-refractivity contribution in [3.8, 4) is 11.5 Å². The summed E-state index contributed by atoms with van der Waals surface area (Å²) in [4.78, 5) is 25.0. The van der Waals surface area contributed by atoms with Crippen LogP contribution in [-0.2, 0) is 53.6 Å². The number of azo groups is 2. The fourth-order valence-electron chi connectivity index (χ4n) is 2.95. The van der Waals surface area contributed by atoms with E-state index in [-0.39, 0.29) is 56.5 Å². The number of aromatic nitrogens is 6. The largest absolute Gasteiger partial charge is 0.505 e. The molecule has 0 aliphatic heterocycles. The summed E-state index contributed by atoms with van der Waals surface area (Å²) >= 11 is 0.228. The van der Waals surface area contributed by atoms with Gasteiger partial charge in [0.05, 0.1) is 22.3 Å². The van der Waals surface area contributed by atoms with Crippen molar-refractivity contribution in [1.82, 2.24) is 30.4 Å². The zero-order valence-electron chi connectivity index (χ0n) is 19.3. The van der Waals surface area contributed by atoms with Crippen LogP contribution in [0.4, 0.5) is 23.3 Å². The third-order valence-electron chi connectivity index (χ3n) is 4.53. The van der Waals surface area contributed by atoms with Crippen molar-refractivity contribution in [1.29, 1.82) is 0 Å². The van der Waals surface area contributed by atoms with Crippen LogP contribution in [0.2, 0.25) is 0 Å². The van der Waals surface area contributed by atoms with Crippen molar-refractivity contribution in [2.75, 3.05) is 0 Å². The molecular weight excluding hydrogens is 715 g/mol. The van der Waals surface area contributed by atoms with Crippen molar-refractivity contribution in [3.05, 3.63) is 23.8 Å². The van der Waals surface area contributed by atoms with Gasteiger partial charge in [0.25, 0.3) is 22.0 Å². The molecule has 0 aliphatic rings. The third-order valence-corrected chi connectivity index (χ3v) is 6.01. The topological polar surface area (TPSA) is 341 Å². The Kier molecular flexibility index (Phi) is 11.1. The van der Waals surface area contributed by atoms with Crippen LogP contribution in [0, 0.1) is 0 Å². The number of phenols is 2. The van der Waals surface area contributed by atoms with Gasteiger partial charge in [-0.25, -0.2) is 14.8 Å². The maximum absolute atomic E-state index is 12.1. The van der Waals surface area contributed by atoms with Crippen LogP contribution in [0.3, 0.4) is 0 Å². The number of aromatic hydroxyl groups is 2. The molecule has 0 bridgehead atoms. The second kappa shape index (κ2) is 13.7. The average Bonchev–Trinajstić information content (AvgIpc) is 3.56. The monoisotopic (exact) mass is 724 g/mol. The standard InChI is InChI=1S/C16H10N10O12S2.2Cu/c27-9-6-3(1-4(39-38-37-33)7(9)19-23-15-17-11(13(29)30)21-25-15)2-5(40(34,35)36)8(10(6)28)20-24-16-18-12(14(31)32)22-26-16;;/h1-2,27-28,33H,(H,29,30)(H,31,32)(H,17,21,25)(H,18,22,26)(H,34,35,36);;. The van der Waals surface area contributed by atoms with E-state index in [2.05, 4.69) is 60.2 Å². The first-order valence-corrected chi connectivity index (χ1v) is 11.9. The molecule has 0 atom stereocenters. The van der Waals surface area contributed by atoms with Crippen LogP contribution in [0.5, 0.6) is 11.5 Å². The number of H-pyrrole nitrogens is 2. The number of benzene rings is 2. The number of nitrogens with zero attached hydrogens (tertiary/aromatic N) is 8. The molecule has 4 rings (SSSR count). The number of fused-ring (bicyclic) bond motifs is 1. The molecule has 4 aromatic rings. The molecule has 0 spiro atoms. The van der Waals surface area contributed by atoms with E-state index in [0.29, 0.717) is 0 Å². The van der Waals surface area contributed by atoms with Gasteiger partial charge in [-0.2, -0.15) is 8.42 Å². The molecule has 0 fully saturated rings. The summed E-state index contributed by atoms with van der Waals surface area (Å²) in [6.07, 6.45) is 0. The minimum atomic E-state index is -5.11. The van der Waals surface area contributed by atoms with Crippen LogP contribution < -0.4 is 0 Å². The first kappa shape index (κ1) is 34.1. The molecule has 2 aromatic carbocycles. The zero-order chi connectivity index (χ0) is 29.2. The van der Waals surface area contributed by atoms with Gasteiger partial charge >= 0.3 is 11.9 Å². The Balaban J connectivity index is 0.00000308. The molecule has 0 unspecified atom stereocenters. The Hall–Kier alpha value is -4.10. The molecule has 26 heteroatoms. The number of aromatic carboxylic acids is 2. The summed E-state index contributed by atoms with van der Waals surface area (Å²) in [5.41, 5.74) is -1.43. The van der Waals surface area contributed by atoms with E-state index in [4.69, 9.17) is 15.5 Å². The molecule has 2 aromatic heterocycles. The Morgan fingerprint density at radius 2 is 1.33 bits per heavy atom. The van der Waals surface area contributed by atoms with Gasteiger partial charge in [0.1, 0.15) is 16.3 Å². The Morgan fingerprint density at radius 1 is 0.833 bits per heavy atom. The summed E-state index contributed by atoms with van der Waals surface area (Å²) in [6, 6.07) is 1.82. The normalized spacial score (nSPS) is 11.6. The van der Waals surface area contributed by atoms with E-state index in [1.165, 1.54) is 0 Å². The van der Waals surface area contributed by atoms with E-state index < -0.39 is 78.8 Å². The summed E-state index contributed by atoms with van der Waals surface area (Å²) in [5.74, 6) is -7.11. The van der Waals surface area contributed by atoms with Gasteiger partial charge < -0.3 is 20.4 Å². The fraction of sp³-hybridized carbons (Fsp3) is 0. The van der Waals surface area contributed by atoms with Gasteiger partial charge in [-0.3, -0.25) is 14.5 Å². The SMILES string of the molecule is O=C(O)c1nnc(N=Nc2c(SOOO)cc3cc(S(=O)(=O)O)c(N=Nc4nnc(C(=O)O)[nH]4)c(O)c3c2O)[nH]1.[Cu].[Cu]. The maximum atomic E-state index is 12.1. The first-order chi connectivity index (χ1) is 18.9. The molecule has 2 radical (unpaired) electrons. The minimum absolute atomic E-state index is 0. The number of carboxylic acid groups (broad SMARTS) is 2. The van der Waals surface area contributed by atoms with Crippen molar-refractivity contribution in [2.45, 2.75) is 9.79 Å². The van der Waals surface area contributed by atoms with Crippen LogP contribution >= 0.6 is 12.0 Å². The van der Waals surface area contributed by atoms with E-state index in [1.807, 2.05) is 0 Å². The second-order valence-corrected chi connectivity index (χ2v) is 9.08. The van der Waals surface area contributed by atoms with E-state index >= 15 is 0 Å². The zero-order valence-corrected chi connectivity index (χ0v) is 22.8. The maximum Gasteiger partial charge on any atom is 0.373 e. The predicted octanol–water partition coefficient (Wildman–Crippen LogP) is 2.38. The van der Waals surface area contributed by atoms with Crippen LogP contribution in [0.1, 0.15) is 21.2 Å². The van der Waals surface area contributed by atoms with E-state index in [1.54, 1.807) is 0 Å². The Bertz CT molecular complexity index is 1830. The third kappa shape index (κ3) is 7.21. The minimum Gasteiger partial charge on any atom is -0.505 e. The number of hydrogen-bond acceptors (Lipinski definition) is 18. The molecule has 230 valence electrons. The number of hydrogen-bond donors (Lipinski definition) is 8. The van der Waals surface area contributed by atoms with Gasteiger partial charge in [0, 0.05) is 34.1 Å². The molecule has 0 saturated heterocycles. The van der Waals surface area contributed by atoms with Crippen molar-refractivity contribution >= 4 is 68.1 Å². The summed E-state index contributed by atoms with van der Waals surface area (Å²) in [5, 5.41) is 78.5. The van der Waals surface area contributed by atoms with Crippen molar-refractivity contribution < 1.29 is 91.8 Å². The second-order valence-electron chi connectivity index (χ2n) is 6.95. The number of nitrogens with one attached hydrogen (secondary N) is 2. The summed E-state index contributed by atoms with van der Waals surface area (Å²) < 4.78 is 38.2. The number of rotatable bonds is 10. The Labute approximate surface area is 255 Å². The molecular formula is C16H10Cu2N10O12S2. The predicted molar refractivity (Wildman–Crippen MR) is 123 cm³/mol. The first-order valence-electron chi connectivity index (χ1n) is 9.74. The van der Waals surface area contributed by atoms with Gasteiger partial charge in [0.15, 0.2) is 11.5 Å². The van der Waals surface area contributed by atoms with E-state index in [0.717, 1.165) is 12.1 Å². The summed E-state index contributed by atoms with van der Waals surface area (Å²) in [7, 11) is -5.11. The van der Waals surface area contributed by atoms with Gasteiger partial charge in [0.2, 0.25) is 11.6 Å². The summed E-state index contributed by atoms with van der Waals surface area (Å²) in [6.45, 7) is 0. The molecule has 8 N–H and O–H groups in total. The van der Waals surface area contributed by atoms with Gasteiger partial charge in [-0.15, -0.1) is 45.2 Å². The molecule has 0 amide bonds. The Morgan fingerprint density at radius 3 is 1.79 bits per heavy atom. The molecule has 2 heterocycles. The van der Waals surface area contributed by atoms with Crippen LogP contribution in [-0.4, -0.2) is 81.0 Å². The number of carboxylic acids is 2.